The topological polar surface area (TPSA) is 47.9 Å². The van der Waals surface area contributed by atoms with E-state index in [0.717, 1.165) is 40.7 Å². The van der Waals surface area contributed by atoms with Crippen molar-refractivity contribution >= 4 is 74.7 Å². The number of cyclic esters (lactones) is 1. The number of carbonyl (C=O) groups is 1. The van der Waals surface area contributed by atoms with Gasteiger partial charge in [-0.3, -0.25) is 0 Å². The van der Waals surface area contributed by atoms with Gasteiger partial charge in [0.15, 0.2) is 5.70 Å². The summed E-state index contributed by atoms with van der Waals surface area (Å²) in [5, 5.41) is 0.695. The lowest BCUT2D eigenvalue weighted by molar-refractivity contribution is -0.129. The number of rotatable bonds is 6. The summed E-state index contributed by atoms with van der Waals surface area (Å²) in [6, 6.07) is 29.4. The molecule has 0 amide bonds. The van der Waals surface area contributed by atoms with Gasteiger partial charge < -0.3 is 9.47 Å². The maximum atomic E-state index is 12.5. The first-order valence-electron chi connectivity index (χ1n) is 11.0. The van der Waals surface area contributed by atoms with Gasteiger partial charge in [0, 0.05) is 10.6 Å². The van der Waals surface area contributed by atoms with Crippen molar-refractivity contribution in [2.24, 2.45) is 4.99 Å². The first-order valence-corrected chi connectivity index (χ1v) is 13.5. The number of nitrogens with zero attached hydrogens (tertiary/aromatic N) is 1. The lowest BCUT2D eigenvalue weighted by Gasteiger charge is -2.11. The lowest BCUT2D eigenvalue weighted by atomic mass is 10.0. The standard InChI is InChI=1S/C29H18ClI2NO3/c30-23-12-6-18(7-13-23)17-35-27-24(31)14-19(15-25(27)32)16-26-29(34)36-28(33-26)22-10-8-21(9-11-22)20-4-2-1-3-5-20/h1-16H,17H2/b26-16-. The molecule has 0 unspecified atom stereocenters. The van der Waals surface area contributed by atoms with Crippen LogP contribution in [0.15, 0.2) is 102 Å². The van der Waals surface area contributed by atoms with Crippen molar-refractivity contribution in [3.05, 3.63) is 126 Å². The quantitative estimate of drug-likeness (QED) is 0.115. The van der Waals surface area contributed by atoms with Crippen LogP contribution in [0.1, 0.15) is 16.7 Å². The van der Waals surface area contributed by atoms with Crippen LogP contribution in [0.3, 0.4) is 0 Å². The zero-order chi connectivity index (χ0) is 25.1. The maximum Gasteiger partial charge on any atom is 0.363 e. The normalized spacial score (nSPS) is 14.0. The Morgan fingerprint density at radius 1 is 0.833 bits per heavy atom. The van der Waals surface area contributed by atoms with E-state index in [2.05, 4.69) is 62.3 Å². The number of benzene rings is 4. The summed E-state index contributed by atoms with van der Waals surface area (Å²) < 4.78 is 13.4. The molecule has 0 aliphatic carbocycles. The van der Waals surface area contributed by atoms with Gasteiger partial charge in [0.1, 0.15) is 12.4 Å². The summed E-state index contributed by atoms with van der Waals surface area (Å²) in [7, 11) is 0. The van der Waals surface area contributed by atoms with Gasteiger partial charge in [-0.25, -0.2) is 9.79 Å². The average Bonchev–Trinajstić information content (AvgIpc) is 3.25. The van der Waals surface area contributed by atoms with Crippen LogP contribution >= 0.6 is 56.8 Å². The molecule has 178 valence electrons. The van der Waals surface area contributed by atoms with Gasteiger partial charge in [0.25, 0.3) is 0 Å². The number of esters is 1. The Labute approximate surface area is 241 Å². The molecule has 0 atom stereocenters. The summed E-state index contributed by atoms with van der Waals surface area (Å²) >= 11 is 10.4. The van der Waals surface area contributed by atoms with Gasteiger partial charge in [-0.1, -0.05) is 66.2 Å². The van der Waals surface area contributed by atoms with Crippen molar-refractivity contribution in [2.75, 3.05) is 0 Å². The minimum atomic E-state index is -0.467. The van der Waals surface area contributed by atoms with Gasteiger partial charge in [0.2, 0.25) is 5.90 Å². The average molecular weight is 718 g/mol. The first kappa shape index (κ1) is 25.0. The summed E-state index contributed by atoms with van der Waals surface area (Å²) in [6.45, 7) is 0.437. The largest absolute Gasteiger partial charge is 0.487 e. The predicted octanol–water partition coefficient (Wildman–Crippen LogP) is 8.14. The summed E-state index contributed by atoms with van der Waals surface area (Å²) in [6.07, 6.45) is 1.74. The van der Waals surface area contributed by atoms with Crippen molar-refractivity contribution in [1.82, 2.24) is 0 Å². The Bertz CT molecular complexity index is 1460. The molecule has 1 aliphatic rings. The third-order valence-electron chi connectivity index (χ3n) is 5.48. The van der Waals surface area contributed by atoms with Gasteiger partial charge >= 0.3 is 5.97 Å². The smallest absolute Gasteiger partial charge is 0.363 e. The molecule has 5 rings (SSSR count). The molecule has 1 aliphatic heterocycles. The molecule has 4 aromatic rings. The minimum absolute atomic E-state index is 0.263. The zero-order valence-electron chi connectivity index (χ0n) is 18.8. The van der Waals surface area contributed by atoms with E-state index in [-0.39, 0.29) is 5.70 Å². The minimum Gasteiger partial charge on any atom is -0.487 e. The second kappa shape index (κ2) is 11.1. The van der Waals surface area contributed by atoms with Gasteiger partial charge in [0.05, 0.1) is 7.14 Å². The number of ether oxygens (including phenoxy) is 2. The maximum absolute atomic E-state index is 12.5. The van der Waals surface area contributed by atoms with Gasteiger partial charge in [-0.15, -0.1) is 0 Å². The molecule has 4 nitrogen and oxygen atoms in total. The molecule has 36 heavy (non-hydrogen) atoms. The van der Waals surface area contributed by atoms with Crippen molar-refractivity contribution in [1.29, 1.82) is 0 Å². The van der Waals surface area contributed by atoms with Crippen molar-refractivity contribution < 1.29 is 14.3 Å². The van der Waals surface area contributed by atoms with Crippen LogP contribution in [-0.4, -0.2) is 11.9 Å². The third-order valence-corrected chi connectivity index (χ3v) is 7.33. The van der Waals surface area contributed by atoms with Gasteiger partial charge in [-0.05, 0) is 110 Å². The molecule has 1 heterocycles. The molecule has 0 bridgehead atoms. The van der Waals surface area contributed by atoms with E-state index >= 15 is 0 Å². The Morgan fingerprint density at radius 2 is 1.44 bits per heavy atom. The molecule has 0 fully saturated rings. The van der Waals surface area contributed by atoms with E-state index in [4.69, 9.17) is 21.1 Å². The fourth-order valence-corrected chi connectivity index (χ4v) is 5.92. The third kappa shape index (κ3) is 5.82. The van der Waals surface area contributed by atoms with Crippen molar-refractivity contribution in [3.8, 4) is 16.9 Å². The molecule has 4 aromatic carbocycles. The van der Waals surface area contributed by atoms with Crippen LogP contribution in [0.2, 0.25) is 5.02 Å². The number of halogens is 3. The summed E-state index contributed by atoms with van der Waals surface area (Å²) in [5.41, 5.74) is 5.10. The highest BCUT2D eigenvalue weighted by molar-refractivity contribution is 14.1. The molecule has 0 N–H and O–H groups in total. The van der Waals surface area contributed by atoms with Crippen LogP contribution in [-0.2, 0) is 16.1 Å². The van der Waals surface area contributed by atoms with E-state index in [1.54, 1.807) is 6.08 Å². The number of hydrogen-bond acceptors (Lipinski definition) is 4. The molecule has 7 heteroatoms. The summed E-state index contributed by atoms with van der Waals surface area (Å²) in [5.74, 6) is 0.633. The van der Waals surface area contributed by atoms with Crippen LogP contribution in [0, 0.1) is 7.14 Å². The van der Waals surface area contributed by atoms with Gasteiger partial charge in [-0.2, -0.15) is 0 Å². The van der Waals surface area contributed by atoms with E-state index in [1.807, 2.05) is 78.9 Å². The number of carbonyl (C=O) groups excluding carboxylic acids is 1. The molecule has 0 spiro atoms. The van der Waals surface area contributed by atoms with Crippen LogP contribution in [0.4, 0.5) is 0 Å². The number of aliphatic imine (C=N–C) groups is 1. The second-order valence-electron chi connectivity index (χ2n) is 8.01. The van der Waals surface area contributed by atoms with Crippen LogP contribution < -0.4 is 4.74 Å². The molecule has 0 saturated carbocycles. The zero-order valence-corrected chi connectivity index (χ0v) is 23.8. The van der Waals surface area contributed by atoms with E-state index in [9.17, 15) is 4.79 Å². The van der Waals surface area contributed by atoms with E-state index in [0.29, 0.717) is 17.5 Å². The molecule has 0 aromatic heterocycles. The predicted molar refractivity (Wildman–Crippen MR) is 160 cm³/mol. The van der Waals surface area contributed by atoms with Crippen LogP contribution in [0.5, 0.6) is 5.75 Å². The van der Waals surface area contributed by atoms with E-state index in [1.165, 1.54) is 0 Å². The highest BCUT2D eigenvalue weighted by Crippen LogP contribution is 2.31. The highest BCUT2D eigenvalue weighted by Gasteiger charge is 2.24. The fourth-order valence-electron chi connectivity index (χ4n) is 3.66. The lowest BCUT2D eigenvalue weighted by Crippen LogP contribution is -2.05. The molecule has 0 radical (unpaired) electrons. The second-order valence-corrected chi connectivity index (χ2v) is 10.8. The van der Waals surface area contributed by atoms with Crippen molar-refractivity contribution in [3.63, 3.8) is 0 Å². The Kier molecular flexibility index (Phi) is 7.73. The Hall–Kier alpha value is -2.69. The number of hydrogen-bond donors (Lipinski definition) is 0. The monoisotopic (exact) mass is 717 g/mol. The Balaban J connectivity index is 1.33. The SMILES string of the molecule is O=C1OC(c2ccc(-c3ccccc3)cc2)=N/C1=C\c1cc(I)c(OCc2ccc(Cl)cc2)c(I)c1. The molecular weight excluding hydrogens is 700 g/mol. The fraction of sp³-hybridized carbons (Fsp3) is 0.0345. The highest BCUT2D eigenvalue weighted by atomic mass is 127. The van der Waals surface area contributed by atoms with E-state index < -0.39 is 5.97 Å². The summed E-state index contributed by atoms with van der Waals surface area (Å²) in [4.78, 5) is 17.0. The first-order chi connectivity index (χ1) is 17.5. The Morgan fingerprint density at radius 3 is 2.11 bits per heavy atom. The van der Waals surface area contributed by atoms with Crippen LogP contribution in [0.25, 0.3) is 17.2 Å². The molecular formula is C29H18ClI2NO3. The van der Waals surface area contributed by atoms with Crippen molar-refractivity contribution in [2.45, 2.75) is 6.61 Å². The molecule has 0 saturated heterocycles.